The number of carbonyl (C=O) groups excluding carboxylic acids is 1. The standard InChI is InChI=1S/C13H16O4/c1-17-12(15)11(14)10-4-2-9(3-5-10)8-13(16)6-7-13/h2-5,11,14,16H,6-8H2,1H3. The van der Waals surface area contributed by atoms with Crippen LogP contribution in [-0.4, -0.2) is 28.9 Å². The number of ether oxygens (including phenoxy) is 1. The molecule has 0 amide bonds. The van der Waals surface area contributed by atoms with Crippen molar-refractivity contribution in [3.05, 3.63) is 35.4 Å². The minimum Gasteiger partial charge on any atom is -0.467 e. The number of carbonyl (C=O) groups is 1. The Morgan fingerprint density at radius 3 is 2.47 bits per heavy atom. The van der Waals surface area contributed by atoms with Crippen molar-refractivity contribution in [3.63, 3.8) is 0 Å². The van der Waals surface area contributed by atoms with Gasteiger partial charge in [0.1, 0.15) is 0 Å². The minimum atomic E-state index is -1.24. The summed E-state index contributed by atoms with van der Waals surface area (Å²) in [7, 11) is 1.24. The molecule has 0 spiro atoms. The molecule has 1 unspecified atom stereocenters. The van der Waals surface area contributed by atoms with Crippen LogP contribution in [0.15, 0.2) is 24.3 Å². The molecule has 0 saturated heterocycles. The normalized spacial score (nSPS) is 18.5. The topological polar surface area (TPSA) is 66.8 Å². The van der Waals surface area contributed by atoms with Gasteiger partial charge in [-0.05, 0) is 24.0 Å². The molecule has 1 aromatic rings. The van der Waals surface area contributed by atoms with Crippen LogP contribution in [0.5, 0.6) is 0 Å². The van der Waals surface area contributed by atoms with Gasteiger partial charge in [-0.2, -0.15) is 0 Å². The lowest BCUT2D eigenvalue weighted by atomic mass is 10.0. The molecule has 1 fully saturated rings. The molecular formula is C13H16O4. The first-order valence-corrected chi connectivity index (χ1v) is 5.61. The van der Waals surface area contributed by atoms with E-state index in [1.165, 1.54) is 7.11 Å². The Kier molecular flexibility index (Phi) is 3.17. The molecule has 4 nitrogen and oxygen atoms in total. The van der Waals surface area contributed by atoms with Crippen molar-refractivity contribution in [2.24, 2.45) is 0 Å². The number of aliphatic hydroxyl groups excluding tert-OH is 1. The van der Waals surface area contributed by atoms with E-state index < -0.39 is 17.7 Å². The number of aliphatic hydroxyl groups is 2. The summed E-state index contributed by atoms with van der Waals surface area (Å²) >= 11 is 0. The molecule has 2 N–H and O–H groups in total. The van der Waals surface area contributed by atoms with Crippen LogP contribution < -0.4 is 0 Å². The first-order chi connectivity index (χ1) is 8.04. The van der Waals surface area contributed by atoms with Crippen LogP contribution in [0.1, 0.15) is 30.1 Å². The van der Waals surface area contributed by atoms with Crippen LogP contribution in [0.2, 0.25) is 0 Å². The van der Waals surface area contributed by atoms with Gasteiger partial charge in [0.05, 0.1) is 12.7 Å². The van der Waals surface area contributed by atoms with E-state index in [9.17, 15) is 15.0 Å². The second-order valence-corrected chi connectivity index (χ2v) is 4.57. The van der Waals surface area contributed by atoms with E-state index in [0.29, 0.717) is 12.0 Å². The predicted molar refractivity (Wildman–Crippen MR) is 61.3 cm³/mol. The third-order valence-corrected chi connectivity index (χ3v) is 3.08. The highest BCUT2D eigenvalue weighted by Gasteiger charge is 2.40. The van der Waals surface area contributed by atoms with Gasteiger partial charge in [-0.15, -0.1) is 0 Å². The van der Waals surface area contributed by atoms with Crippen LogP contribution in [-0.2, 0) is 16.0 Å². The first-order valence-electron chi connectivity index (χ1n) is 5.61. The second-order valence-electron chi connectivity index (χ2n) is 4.57. The molecule has 1 saturated carbocycles. The Bertz CT molecular complexity index is 406. The Morgan fingerprint density at radius 1 is 1.41 bits per heavy atom. The SMILES string of the molecule is COC(=O)C(O)c1ccc(CC2(O)CC2)cc1. The van der Waals surface area contributed by atoms with Crippen molar-refractivity contribution < 1.29 is 19.7 Å². The summed E-state index contributed by atoms with van der Waals surface area (Å²) in [5.41, 5.74) is 0.983. The smallest absolute Gasteiger partial charge is 0.339 e. The summed E-state index contributed by atoms with van der Waals surface area (Å²) in [6.07, 6.45) is 1.08. The zero-order valence-electron chi connectivity index (χ0n) is 9.72. The summed E-state index contributed by atoms with van der Waals surface area (Å²) in [6.45, 7) is 0. The lowest BCUT2D eigenvalue weighted by Gasteiger charge is -2.11. The lowest BCUT2D eigenvalue weighted by molar-refractivity contribution is -0.150. The van der Waals surface area contributed by atoms with Gasteiger partial charge in [0.25, 0.3) is 0 Å². The van der Waals surface area contributed by atoms with Gasteiger partial charge in [0.15, 0.2) is 6.10 Å². The molecule has 1 aliphatic carbocycles. The fourth-order valence-corrected chi connectivity index (χ4v) is 1.77. The molecule has 0 heterocycles. The molecule has 0 aromatic heterocycles. The number of hydrogen-bond acceptors (Lipinski definition) is 4. The summed E-state index contributed by atoms with van der Waals surface area (Å²) in [6, 6.07) is 7.00. The molecule has 2 rings (SSSR count). The summed E-state index contributed by atoms with van der Waals surface area (Å²) in [4.78, 5) is 11.1. The van der Waals surface area contributed by atoms with Gasteiger partial charge < -0.3 is 14.9 Å². The molecule has 92 valence electrons. The molecular weight excluding hydrogens is 220 g/mol. The number of methoxy groups -OCH3 is 1. The third-order valence-electron chi connectivity index (χ3n) is 3.08. The minimum absolute atomic E-state index is 0.503. The zero-order chi connectivity index (χ0) is 12.5. The maximum Gasteiger partial charge on any atom is 0.339 e. The van der Waals surface area contributed by atoms with E-state index >= 15 is 0 Å². The van der Waals surface area contributed by atoms with Crippen molar-refractivity contribution in [1.82, 2.24) is 0 Å². The van der Waals surface area contributed by atoms with Crippen molar-refractivity contribution >= 4 is 5.97 Å². The Hall–Kier alpha value is -1.39. The lowest BCUT2D eigenvalue weighted by Crippen LogP contribution is -2.14. The van der Waals surface area contributed by atoms with Gasteiger partial charge in [-0.25, -0.2) is 4.79 Å². The molecule has 4 heteroatoms. The fourth-order valence-electron chi connectivity index (χ4n) is 1.77. The van der Waals surface area contributed by atoms with Crippen molar-refractivity contribution in [2.75, 3.05) is 7.11 Å². The third kappa shape index (κ3) is 2.84. The molecule has 0 bridgehead atoms. The van der Waals surface area contributed by atoms with Crippen LogP contribution in [0.25, 0.3) is 0 Å². The number of rotatable bonds is 4. The Morgan fingerprint density at radius 2 is 2.00 bits per heavy atom. The van der Waals surface area contributed by atoms with Gasteiger partial charge in [-0.1, -0.05) is 24.3 Å². The van der Waals surface area contributed by atoms with E-state index in [-0.39, 0.29) is 0 Å². The zero-order valence-corrected chi connectivity index (χ0v) is 9.72. The molecule has 17 heavy (non-hydrogen) atoms. The largest absolute Gasteiger partial charge is 0.467 e. The van der Waals surface area contributed by atoms with Gasteiger partial charge in [0, 0.05) is 6.42 Å². The van der Waals surface area contributed by atoms with Crippen molar-refractivity contribution in [3.8, 4) is 0 Å². The number of esters is 1. The average Bonchev–Trinajstić information content (AvgIpc) is 3.06. The maximum absolute atomic E-state index is 11.1. The predicted octanol–water partition coefficient (Wildman–Crippen LogP) is 0.960. The second kappa shape index (κ2) is 4.47. The maximum atomic E-state index is 11.1. The highest BCUT2D eigenvalue weighted by molar-refractivity contribution is 5.76. The van der Waals surface area contributed by atoms with Crippen LogP contribution in [0.3, 0.4) is 0 Å². The molecule has 1 aromatic carbocycles. The van der Waals surface area contributed by atoms with Crippen LogP contribution in [0, 0.1) is 0 Å². The molecule has 0 radical (unpaired) electrons. The summed E-state index contributed by atoms with van der Waals surface area (Å²) in [5.74, 6) is -0.668. The Balaban J connectivity index is 2.04. The highest BCUT2D eigenvalue weighted by Crippen LogP contribution is 2.38. The van der Waals surface area contributed by atoms with E-state index in [1.807, 2.05) is 12.1 Å². The quantitative estimate of drug-likeness (QED) is 0.764. The van der Waals surface area contributed by atoms with Crippen molar-refractivity contribution in [2.45, 2.75) is 31.0 Å². The Labute approximate surface area is 99.8 Å². The van der Waals surface area contributed by atoms with E-state index in [1.54, 1.807) is 12.1 Å². The van der Waals surface area contributed by atoms with Crippen LogP contribution in [0.4, 0.5) is 0 Å². The summed E-state index contributed by atoms with van der Waals surface area (Å²) < 4.78 is 4.46. The molecule has 1 atom stereocenters. The number of benzene rings is 1. The monoisotopic (exact) mass is 236 g/mol. The fraction of sp³-hybridized carbons (Fsp3) is 0.462. The number of hydrogen-bond donors (Lipinski definition) is 2. The highest BCUT2D eigenvalue weighted by atomic mass is 16.5. The average molecular weight is 236 g/mol. The first kappa shape index (κ1) is 12.1. The summed E-state index contributed by atoms with van der Waals surface area (Å²) in [5, 5.41) is 19.4. The van der Waals surface area contributed by atoms with Crippen LogP contribution >= 0.6 is 0 Å². The van der Waals surface area contributed by atoms with E-state index in [0.717, 1.165) is 18.4 Å². The van der Waals surface area contributed by atoms with Gasteiger partial charge >= 0.3 is 5.97 Å². The molecule has 0 aliphatic heterocycles. The molecule has 1 aliphatic rings. The van der Waals surface area contributed by atoms with E-state index in [2.05, 4.69) is 4.74 Å². The van der Waals surface area contributed by atoms with Gasteiger partial charge in [0.2, 0.25) is 0 Å². The van der Waals surface area contributed by atoms with Gasteiger partial charge in [-0.3, -0.25) is 0 Å². The van der Waals surface area contributed by atoms with E-state index in [4.69, 9.17) is 0 Å². The van der Waals surface area contributed by atoms with Crippen molar-refractivity contribution in [1.29, 1.82) is 0 Å².